The van der Waals surface area contributed by atoms with Crippen LogP contribution in [0, 0.1) is 6.92 Å². The molecule has 0 radical (unpaired) electrons. The summed E-state index contributed by atoms with van der Waals surface area (Å²) in [7, 11) is 9.23. The van der Waals surface area contributed by atoms with Gasteiger partial charge in [0.25, 0.3) is 0 Å². The van der Waals surface area contributed by atoms with Crippen LogP contribution in [-0.2, 0) is 6.54 Å². The topological polar surface area (TPSA) is 35.9 Å². The zero-order chi connectivity index (χ0) is 18.1. The van der Waals surface area contributed by atoms with E-state index >= 15 is 0 Å². The van der Waals surface area contributed by atoms with E-state index in [2.05, 4.69) is 48.7 Å². The van der Waals surface area contributed by atoms with Crippen molar-refractivity contribution in [3.05, 3.63) is 29.8 Å². The van der Waals surface area contributed by atoms with Gasteiger partial charge >= 0.3 is 0 Å². The second kappa shape index (κ2) is 6.84. The minimum atomic E-state index is 0.744. The van der Waals surface area contributed by atoms with Gasteiger partial charge in [-0.3, -0.25) is 0 Å². The van der Waals surface area contributed by atoms with E-state index in [9.17, 15) is 0 Å². The summed E-state index contributed by atoms with van der Waals surface area (Å²) in [6.45, 7) is 3.95. The number of aryl methyl sites for hydroxylation is 1. The Morgan fingerprint density at radius 1 is 0.880 bits per heavy atom. The monoisotopic (exact) mass is 342 g/mol. The second-order valence-electron chi connectivity index (χ2n) is 6.47. The predicted octanol–water partition coefficient (Wildman–Crippen LogP) is 3.69. The van der Waals surface area contributed by atoms with Crippen molar-refractivity contribution in [2.45, 2.75) is 13.5 Å². The van der Waals surface area contributed by atoms with Gasteiger partial charge in [-0.15, -0.1) is 0 Å². The molecule has 1 heterocycles. The molecule has 0 aliphatic heterocycles. The van der Waals surface area contributed by atoms with Crippen LogP contribution in [0.4, 0.5) is 0 Å². The molecular weight excluding hydrogens is 316 g/mol. The molecule has 0 unspecified atom stereocenters. The molecule has 2 aromatic carbocycles. The molecule has 0 saturated heterocycles. The summed E-state index contributed by atoms with van der Waals surface area (Å²) in [5.41, 5.74) is 3.49. The molecule has 1 aromatic heterocycles. The van der Waals surface area contributed by atoms with Gasteiger partial charge in [-0.2, -0.15) is 0 Å². The summed E-state index contributed by atoms with van der Waals surface area (Å²) in [5.74, 6) is 2.39. The maximum atomic E-state index is 5.55. The standard InChI is InChI=1S/C20H26N2O3/c1-13-17(23-4)8-7-14-15-11-18(24-5)19(25-6)12-16(15)22(20(13)14)10-9-21(2)3/h7-8,11-12H,9-10H2,1-6H3. The van der Waals surface area contributed by atoms with Crippen LogP contribution < -0.4 is 14.2 Å². The fourth-order valence-corrected chi connectivity index (χ4v) is 3.43. The van der Waals surface area contributed by atoms with E-state index in [1.165, 1.54) is 10.9 Å². The van der Waals surface area contributed by atoms with Crippen LogP contribution >= 0.6 is 0 Å². The van der Waals surface area contributed by atoms with Gasteiger partial charge in [0.15, 0.2) is 11.5 Å². The summed E-state index contributed by atoms with van der Waals surface area (Å²) in [4.78, 5) is 2.19. The molecule has 3 rings (SSSR count). The smallest absolute Gasteiger partial charge is 0.162 e. The average molecular weight is 342 g/mol. The SMILES string of the molecule is COc1cc2c3ccc(OC)c(C)c3n(CCN(C)C)c2cc1OC. The summed E-state index contributed by atoms with van der Waals surface area (Å²) in [6.07, 6.45) is 0. The molecule has 0 atom stereocenters. The Hall–Kier alpha value is -2.40. The molecule has 0 saturated carbocycles. The number of hydrogen-bond acceptors (Lipinski definition) is 4. The minimum Gasteiger partial charge on any atom is -0.496 e. The number of ether oxygens (including phenoxy) is 3. The van der Waals surface area contributed by atoms with Gasteiger partial charge in [0.2, 0.25) is 0 Å². The van der Waals surface area contributed by atoms with E-state index in [1.807, 2.05) is 6.07 Å². The van der Waals surface area contributed by atoms with Gasteiger partial charge in [0.05, 0.1) is 32.4 Å². The van der Waals surface area contributed by atoms with Crippen LogP contribution in [-0.4, -0.2) is 51.4 Å². The third-order valence-electron chi connectivity index (χ3n) is 4.72. The molecule has 0 N–H and O–H groups in total. The van der Waals surface area contributed by atoms with E-state index < -0.39 is 0 Å². The Morgan fingerprint density at radius 2 is 1.52 bits per heavy atom. The Bertz CT molecular complexity index is 913. The molecule has 0 bridgehead atoms. The number of aromatic nitrogens is 1. The summed E-state index contributed by atoms with van der Waals surface area (Å²) in [5, 5.41) is 2.37. The largest absolute Gasteiger partial charge is 0.496 e. The first-order valence-corrected chi connectivity index (χ1v) is 8.38. The lowest BCUT2D eigenvalue weighted by Gasteiger charge is -2.15. The molecule has 0 spiro atoms. The first-order valence-electron chi connectivity index (χ1n) is 8.38. The number of nitrogens with zero attached hydrogens (tertiary/aromatic N) is 2. The third kappa shape index (κ3) is 2.89. The highest BCUT2D eigenvalue weighted by molar-refractivity contribution is 6.10. The molecule has 3 aromatic rings. The molecule has 5 nitrogen and oxygen atoms in total. The zero-order valence-corrected chi connectivity index (χ0v) is 15.8. The van der Waals surface area contributed by atoms with Crippen molar-refractivity contribution in [3.8, 4) is 17.2 Å². The molecule has 0 amide bonds. The van der Waals surface area contributed by atoms with E-state index in [4.69, 9.17) is 14.2 Å². The lowest BCUT2D eigenvalue weighted by Crippen LogP contribution is -2.18. The third-order valence-corrected chi connectivity index (χ3v) is 4.72. The number of hydrogen-bond donors (Lipinski definition) is 0. The summed E-state index contributed by atoms with van der Waals surface area (Å²) in [6, 6.07) is 8.29. The summed E-state index contributed by atoms with van der Waals surface area (Å²) >= 11 is 0. The van der Waals surface area contributed by atoms with Crippen molar-refractivity contribution < 1.29 is 14.2 Å². The van der Waals surface area contributed by atoms with Crippen molar-refractivity contribution in [2.75, 3.05) is 42.0 Å². The van der Waals surface area contributed by atoms with Crippen LogP contribution in [0.5, 0.6) is 17.2 Å². The van der Waals surface area contributed by atoms with Crippen molar-refractivity contribution in [2.24, 2.45) is 0 Å². The lowest BCUT2D eigenvalue weighted by atomic mass is 10.1. The van der Waals surface area contributed by atoms with Gasteiger partial charge in [0, 0.05) is 35.5 Å². The van der Waals surface area contributed by atoms with Crippen LogP contribution in [0.1, 0.15) is 5.56 Å². The van der Waals surface area contributed by atoms with Crippen LogP contribution in [0.3, 0.4) is 0 Å². The number of rotatable bonds is 6. The Kier molecular flexibility index (Phi) is 4.77. The molecule has 134 valence electrons. The Morgan fingerprint density at radius 3 is 2.12 bits per heavy atom. The average Bonchev–Trinajstić information content (AvgIpc) is 2.92. The second-order valence-corrected chi connectivity index (χ2v) is 6.47. The van der Waals surface area contributed by atoms with Gasteiger partial charge < -0.3 is 23.7 Å². The number of fused-ring (bicyclic) bond motifs is 3. The molecular formula is C20H26N2O3. The number of benzene rings is 2. The van der Waals surface area contributed by atoms with Gasteiger partial charge in [-0.1, -0.05) is 0 Å². The maximum Gasteiger partial charge on any atom is 0.162 e. The highest BCUT2D eigenvalue weighted by Gasteiger charge is 2.18. The molecule has 0 aliphatic rings. The van der Waals surface area contributed by atoms with Crippen LogP contribution in [0.2, 0.25) is 0 Å². The van der Waals surface area contributed by atoms with Crippen molar-refractivity contribution in [3.63, 3.8) is 0 Å². The lowest BCUT2D eigenvalue weighted by molar-refractivity contribution is 0.355. The fraction of sp³-hybridized carbons (Fsp3) is 0.400. The highest BCUT2D eigenvalue weighted by Crippen LogP contribution is 2.40. The van der Waals surface area contributed by atoms with Crippen molar-refractivity contribution >= 4 is 21.8 Å². The zero-order valence-electron chi connectivity index (χ0n) is 15.8. The quantitative estimate of drug-likeness (QED) is 0.684. The normalized spacial score (nSPS) is 11.5. The van der Waals surface area contributed by atoms with Gasteiger partial charge in [0.1, 0.15) is 5.75 Å². The maximum absolute atomic E-state index is 5.55. The van der Waals surface area contributed by atoms with E-state index in [0.29, 0.717) is 0 Å². The van der Waals surface area contributed by atoms with E-state index in [-0.39, 0.29) is 0 Å². The Labute approximate surface area is 148 Å². The first-order chi connectivity index (χ1) is 12.0. The highest BCUT2D eigenvalue weighted by atomic mass is 16.5. The summed E-state index contributed by atoms with van der Waals surface area (Å²) < 4.78 is 18.9. The van der Waals surface area contributed by atoms with Crippen molar-refractivity contribution in [1.29, 1.82) is 0 Å². The number of likely N-dealkylation sites (N-methyl/N-ethyl adjacent to an activating group) is 1. The van der Waals surface area contributed by atoms with Gasteiger partial charge in [-0.25, -0.2) is 0 Å². The molecule has 0 aliphatic carbocycles. The molecule has 0 fully saturated rings. The minimum absolute atomic E-state index is 0.744. The fourth-order valence-electron chi connectivity index (χ4n) is 3.43. The Balaban J connectivity index is 2.38. The van der Waals surface area contributed by atoms with Crippen LogP contribution in [0.25, 0.3) is 21.8 Å². The number of methoxy groups -OCH3 is 3. The first kappa shape index (κ1) is 17.4. The predicted molar refractivity (Wildman–Crippen MR) is 102 cm³/mol. The molecule has 5 heteroatoms. The van der Waals surface area contributed by atoms with Gasteiger partial charge in [-0.05, 0) is 39.2 Å². The molecule has 25 heavy (non-hydrogen) atoms. The van der Waals surface area contributed by atoms with E-state index in [0.717, 1.165) is 46.8 Å². The van der Waals surface area contributed by atoms with Crippen LogP contribution in [0.15, 0.2) is 24.3 Å². The van der Waals surface area contributed by atoms with E-state index in [1.54, 1.807) is 21.3 Å². The van der Waals surface area contributed by atoms with Crippen molar-refractivity contribution in [1.82, 2.24) is 9.47 Å².